The van der Waals surface area contributed by atoms with Gasteiger partial charge >= 0.3 is 5.97 Å². The van der Waals surface area contributed by atoms with Crippen LogP contribution in [0.2, 0.25) is 0 Å². The van der Waals surface area contributed by atoms with Gasteiger partial charge in [0, 0.05) is 23.3 Å². The summed E-state index contributed by atoms with van der Waals surface area (Å²) in [5, 5.41) is 19.3. The van der Waals surface area contributed by atoms with Crippen LogP contribution in [-0.2, 0) is 9.59 Å². The van der Waals surface area contributed by atoms with Crippen LogP contribution < -0.4 is 5.32 Å². The summed E-state index contributed by atoms with van der Waals surface area (Å²) in [6.45, 7) is -2.84. The van der Waals surface area contributed by atoms with Crippen LogP contribution in [0.1, 0.15) is 17.4 Å². The molecule has 82 valence electrons. The third-order valence-electron chi connectivity index (χ3n) is 1.33. The van der Waals surface area contributed by atoms with Crippen molar-refractivity contribution < 1.29 is 23.9 Å². The van der Waals surface area contributed by atoms with E-state index in [0.29, 0.717) is 12.2 Å². The van der Waals surface area contributed by atoms with Crippen LogP contribution in [0, 0.1) is 0 Å². The number of amides is 1. The van der Waals surface area contributed by atoms with Gasteiger partial charge in [-0.1, -0.05) is 0 Å². The van der Waals surface area contributed by atoms with Crippen molar-refractivity contribution in [2.45, 2.75) is 19.3 Å². The van der Waals surface area contributed by atoms with E-state index in [4.69, 9.17) is 14.3 Å². The van der Waals surface area contributed by atoms with Gasteiger partial charge < -0.3 is 15.5 Å². The highest BCUT2D eigenvalue weighted by molar-refractivity contribution is 7.99. The molecule has 0 saturated heterocycles. The molecule has 1 atom stereocenters. The third kappa shape index (κ3) is 6.73. The van der Waals surface area contributed by atoms with E-state index in [9.17, 15) is 9.59 Å². The number of hydrogen-bond acceptors (Lipinski definition) is 4. The predicted octanol–water partition coefficient (Wildman–Crippen LogP) is -0.309. The molecule has 3 N–H and O–H groups in total. The van der Waals surface area contributed by atoms with Crippen molar-refractivity contribution in [3.8, 4) is 0 Å². The number of rotatable bonds is 7. The minimum Gasteiger partial charge on any atom is -0.480 e. The minimum absolute atomic E-state index is 0.00632. The molecule has 0 fully saturated rings. The Morgan fingerprint density at radius 2 is 2.36 bits per heavy atom. The van der Waals surface area contributed by atoms with E-state index in [1.165, 1.54) is 11.8 Å². The lowest BCUT2D eigenvalue weighted by atomic mass is 10.3. The summed E-state index contributed by atoms with van der Waals surface area (Å²) >= 11 is 1.23. The Hall–Kier alpha value is -0.750. The van der Waals surface area contributed by atoms with Gasteiger partial charge in [0.15, 0.2) is 0 Å². The second kappa shape index (κ2) is 7.64. The van der Waals surface area contributed by atoms with E-state index < -0.39 is 24.8 Å². The number of aliphatic hydroxyl groups is 1. The molecule has 0 heterocycles. The molecule has 0 rings (SSSR count). The monoisotopic (exact) mass is 224 g/mol. The first kappa shape index (κ1) is 8.55. The Bertz CT molecular complexity index is 272. The lowest BCUT2D eigenvalue weighted by molar-refractivity contribution is -0.140. The summed E-state index contributed by atoms with van der Waals surface area (Å²) in [5.74, 6) is -1.94. The number of carbonyl (C=O) groups excluding carboxylic acids is 1. The van der Waals surface area contributed by atoms with Gasteiger partial charge in [0.2, 0.25) is 5.91 Å². The third-order valence-corrected chi connectivity index (χ3v) is 2.48. The number of carboxylic acids is 1. The van der Waals surface area contributed by atoms with Gasteiger partial charge in [-0.3, -0.25) is 4.79 Å². The normalized spacial score (nSPS) is 16.2. The summed E-state index contributed by atoms with van der Waals surface area (Å²) in [5.41, 5.74) is 0. The quantitative estimate of drug-likeness (QED) is 0.516. The second-order valence-corrected chi connectivity index (χ2v) is 3.67. The smallest absolute Gasteiger partial charge is 0.327 e. The first-order chi connectivity index (χ1) is 7.79. The molecule has 1 unspecified atom stereocenters. The van der Waals surface area contributed by atoms with Crippen LogP contribution in [-0.4, -0.2) is 46.2 Å². The van der Waals surface area contributed by atoms with Crippen LogP contribution in [0.5, 0.6) is 0 Å². The van der Waals surface area contributed by atoms with Crippen LogP contribution >= 0.6 is 11.8 Å². The lowest BCUT2D eigenvalue weighted by Gasteiger charge is -2.12. The molecule has 1 amide bonds. The van der Waals surface area contributed by atoms with Gasteiger partial charge in [-0.2, -0.15) is 11.8 Å². The van der Waals surface area contributed by atoms with Crippen molar-refractivity contribution in [2.24, 2.45) is 0 Å². The van der Waals surface area contributed by atoms with Gasteiger partial charge in [-0.15, -0.1) is 0 Å². The molecule has 14 heavy (non-hydrogen) atoms. The molecule has 0 radical (unpaired) electrons. The van der Waals surface area contributed by atoms with Crippen molar-refractivity contribution in [1.29, 1.82) is 0 Å². The van der Waals surface area contributed by atoms with E-state index in [2.05, 4.69) is 0 Å². The molecular weight excluding hydrogens is 206 g/mol. The maximum absolute atomic E-state index is 11.1. The zero-order chi connectivity index (χ0) is 13.5. The number of nitrogens with one attached hydrogen (secondary N) is 1. The topological polar surface area (TPSA) is 86.6 Å². The second-order valence-electron chi connectivity index (χ2n) is 2.52. The molecule has 0 aromatic rings. The van der Waals surface area contributed by atoms with Crippen LogP contribution in [0.15, 0.2) is 0 Å². The van der Waals surface area contributed by atoms with Crippen molar-refractivity contribution in [3.05, 3.63) is 0 Å². The zero-order valence-corrected chi connectivity index (χ0v) is 8.34. The summed E-state index contributed by atoms with van der Waals surface area (Å²) in [7, 11) is 0. The number of aliphatic carboxylic acids is 1. The molecule has 5 nitrogen and oxygen atoms in total. The molecule has 0 aromatic heterocycles. The number of hydrogen-bond donors (Lipinski definition) is 3. The van der Waals surface area contributed by atoms with E-state index in [1.54, 1.807) is 0 Å². The predicted molar refractivity (Wildman–Crippen MR) is 54.3 cm³/mol. The molecule has 0 aliphatic heterocycles. The number of carboxylic acid groups (broad SMARTS) is 1. The van der Waals surface area contributed by atoms with Gasteiger partial charge in [0.25, 0.3) is 0 Å². The van der Waals surface area contributed by atoms with Crippen LogP contribution in [0.4, 0.5) is 0 Å². The average molecular weight is 224 g/mol. The molecule has 0 aliphatic rings. The number of carbonyl (C=O) groups is 2. The van der Waals surface area contributed by atoms with E-state index in [1.807, 2.05) is 5.32 Å². The van der Waals surface area contributed by atoms with Crippen LogP contribution in [0.25, 0.3) is 0 Å². The van der Waals surface area contributed by atoms with Gasteiger partial charge in [0.05, 0.1) is 0 Å². The molecule has 6 heteroatoms. The summed E-state index contributed by atoms with van der Waals surface area (Å²) in [6, 6.07) is -1.23. The van der Waals surface area contributed by atoms with Crippen molar-refractivity contribution in [3.63, 3.8) is 0 Å². The molecular formula is C8H15NO4S. The minimum atomic E-state index is -2.84. The molecule has 0 bridgehead atoms. The fraction of sp³-hybridized carbons (Fsp3) is 0.750. The van der Waals surface area contributed by atoms with E-state index in [0.717, 1.165) is 0 Å². The standard InChI is InChI=1S/C8H15NO4S/c1-6(11)9-7(8(12)13)5-14-4-2-3-10/h7,10H,2-5H2,1H3,(H,9,11)(H,12,13)/i1D3. The maximum atomic E-state index is 11.1. The highest BCUT2D eigenvalue weighted by Crippen LogP contribution is 2.04. The Morgan fingerprint density at radius 1 is 1.64 bits per heavy atom. The van der Waals surface area contributed by atoms with Gasteiger partial charge in [-0.25, -0.2) is 4.79 Å². The summed E-state index contributed by atoms with van der Waals surface area (Å²) in [4.78, 5) is 21.8. The highest BCUT2D eigenvalue weighted by atomic mass is 32.2. The fourth-order valence-corrected chi connectivity index (χ4v) is 1.66. The summed E-state index contributed by atoms with van der Waals surface area (Å²) in [6.07, 6.45) is 0.518. The Labute approximate surface area is 91.1 Å². The molecule has 0 aliphatic carbocycles. The zero-order valence-electron chi connectivity index (χ0n) is 10.5. The number of aliphatic hydroxyl groups excluding tert-OH is 1. The van der Waals surface area contributed by atoms with Crippen molar-refractivity contribution in [2.75, 3.05) is 18.1 Å². The van der Waals surface area contributed by atoms with Gasteiger partial charge in [0.1, 0.15) is 6.04 Å². The Morgan fingerprint density at radius 3 is 2.86 bits per heavy atom. The van der Waals surface area contributed by atoms with E-state index in [-0.39, 0.29) is 12.4 Å². The highest BCUT2D eigenvalue weighted by Gasteiger charge is 2.17. The maximum Gasteiger partial charge on any atom is 0.327 e. The fourth-order valence-electron chi connectivity index (χ4n) is 0.701. The molecule has 0 saturated carbocycles. The van der Waals surface area contributed by atoms with Crippen molar-refractivity contribution in [1.82, 2.24) is 5.32 Å². The summed E-state index contributed by atoms with van der Waals surface area (Å²) < 4.78 is 20.4. The molecule has 0 aromatic carbocycles. The van der Waals surface area contributed by atoms with E-state index >= 15 is 0 Å². The lowest BCUT2D eigenvalue weighted by Crippen LogP contribution is -2.41. The first-order valence-electron chi connectivity index (χ1n) is 5.51. The SMILES string of the molecule is [2H]C([2H])([2H])C(=O)NC(CSCCCO)C(=O)O. The Balaban J connectivity index is 4.17. The molecule has 0 spiro atoms. The first-order valence-corrected chi connectivity index (χ1v) is 5.17. The number of thioether (sulfide) groups is 1. The average Bonchev–Trinajstić information content (AvgIpc) is 2.20. The Kier molecular flexibility index (Phi) is 4.66. The van der Waals surface area contributed by atoms with Gasteiger partial charge in [-0.05, 0) is 12.2 Å². The van der Waals surface area contributed by atoms with Crippen molar-refractivity contribution >= 4 is 23.6 Å². The van der Waals surface area contributed by atoms with Crippen LogP contribution in [0.3, 0.4) is 0 Å². The largest absolute Gasteiger partial charge is 0.480 e.